The van der Waals surface area contributed by atoms with Crippen LogP contribution in [0.3, 0.4) is 0 Å². The Kier molecular flexibility index (Phi) is 3.52. The van der Waals surface area contributed by atoms with Crippen molar-refractivity contribution in [3.63, 3.8) is 0 Å². The van der Waals surface area contributed by atoms with Gasteiger partial charge in [-0.25, -0.2) is 4.79 Å². The van der Waals surface area contributed by atoms with Crippen molar-refractivity contribution < 1.29 is 14.6 Å². The Morgan fingerprint density at radius 2 is 2.28 bits per heavy atom. The Morgan fingerprint density at radius 1 is 1.56 bits per heavy atom. The molecule has 1 aliphatic rings. The zero-order valence-corrected chi connectivity index (χ0v) is 10.9. The van der Waals surface area contributed by atoms with Crippen LogP contribution in [0.5, 0.6) is 0 Å². The van der Waals surface area contributed by atoms with E-state index in [1.54, 1.807) is 14.0 Å². The number of carboxylic acids is 1. The van der Waals surface area contributed by atoms with Crippen LogP contribution in [0.4, 0.5) is 5.69 Å². The zero-order chi connectivity index (χ0) is 13.3. The van der Waals surface area contributed by atoms with Crippen LogP contribution in [0.25, 0.3) is 0 Å². The molecule has 1 N–H and O–H groups in total. The summed E-state index contributed by atoms with van der Waals surface area (Å²) in [6, 6.07) is 1.84. The molecule has 1 aromatic rings. The lowest BCUT2D eigenvalue weighted by Gasteiger charge is -2.21. The third-order valence-corrected chi connectivity index (χ3v) is 3.34. The Morgan fingerprint density at radius 3 is 2.83 bits per heavy atom. The van der Waals surface area contributed by atoms with E-state index in [0.717, 1.165) is 30.9 Å². The number of methoxy groups -OCH3 is 1. The molecule has 5 nitrogen and oxygen atoms in total. The van der Waals surface area contributed by atoms with Gasteiger partial charge in [-0.3, -0.25) is 4.98 Å². The minimum atomic E-state index is -0.920. The molecule has 0 amide bonds. The second-order valence-electron chi connectivity index (χ2n) is 4.64. The number of hydrogen-bond acceptors (Lipinski definition) is 4. The van der Waals surface area contributed by atoms with E-state index in [4.69, 9.17) is 4.74 Å². The Labute approximate surface area is 106 Å². The Balaban J connectivity index is 2.40. The molecule has 98 valence electrons. The lowest BCUT2D eigenvalue weighted by atomic mass is 10.1. The molecule has 0 radical (unpaired) electrons. The van der Waals surface area contributed by atoms with Crippen LogP contribution in [0.1, 0.15) is 28.2 Å². The second kappa shape index (κ2) is 4.94. The highest BCUT2D eigenvalue weighted by Crippen LogP contribution is 2.28. The van der Waals surface area contributed by atoms with Crippen molar-refractivity contribution in [1.29, 1.82) is 0 Å². The van der Waals surface area contributed by atoms with Crippen LogP contribution >= 0.6 is 0 Å². The number of aryl methyl sites for hydroxylation is 2. The molecule has 0 saturated carbocycles. The molecule has 1 fully saturated rings. The number of aromatic carboxylic acids is 1. The van der Waals surface area contributed by atoms with Gasteiger partial charge in [0.2, 0.25) is 0 Å². The van der Waals surface area contributed by atoms with Gasteiger partial charge < -0.3 is 14.7 Å². The van der Waals surface area contributed by atoms with E-state index < -0.39 is 5.97 Å². The van der Waals surface area contributed by atoms with E-state index >= 15 is 0 Å². The maximum atomic E-state index is 11.4. The first-order valence-electron chi connectivity index (χ1n) is 6.02. The van der Waals surface area contributed by atoms with Gasteiger partial charge in [-0.2, -0.15) is 0 Å². The summed E-state index contributed by atoms with van der Waals surface area (Å²) in [5.74, 6) is -0.920. The zero-order valence-electron chi connectivity index (χ0n) is 10.9. The number of carbonyl (C=O) groups is 1. The molecular weight excluding hydrogens is 232 g/mol. The van der Waals surface area contributed by atoms with Gasteiger partial charge in [0.05, 0.1) is 17.5 Å². The number of ether oxygens (including phenoxy) is 1. The van der Waals surface area contributed by atoms with Gasteiger partial charge in [0.15, 0.2) is 0 Å². The lowest BCUT2D eigenvalue weighted by molar-refractivity contribution is 0.0696. The third-order valence-electron chi connectivity index (χ3n) is 3.34. The SMILES string of the molecule is COC1CCN(c2cc(C)nc(C)c2C(=O)O)C1. The summed E-state index contributed by atoms with van der Waals surface area (Å²) in [5, 5.41) is 9.32. The van der Waals surface area contributed by atoms with Gasteiger partial charge in [0, 0.05) is 25.9 Å². The van der Waals surface area contributed by atoms with Crippen LogP contribution in [0.15, 0.2) is 6.07 Å². The summed E-state index contributed by atoms with van der Waals surface area (Å²) in [6.45, 7) is 5.18. The fourth-order valence-electron chi connectivity index (χ4n) is 2.46. The highest BCUT2D eigenvalue weighted by molar-refractivity contribution is 5.95. The van der Waals surface area contributed by atoms with Crippen LogP contribution < -0.4 is 4.90 Å². The first kappa shape index (κ1) is 12.8. The summed E-state index contributed by atoms with van der Waals surface area (Å²) >= 11 is 0. The molecular formula is C13H18N2O3. The van der Waals surface area contributed by atoms with E-state index in [0.29, 0.717) is 11.3 Å². The van der Waals surface area contributed by atoms with Crippen molar-refractivity contribution >= 4 is 11.7 Å². The molecule has 18 heavy (non-hydrogen) atoms. The van der Waals surface area contributed by atoms with Crippen LogP contribution in [0, 0.1) is 13.8 Å². The van der Waals surface area contributed by atoms with E-state index in [9.17, 15) is 9.90 Å². The van der Waals surface area contributed by atoms with E-state index in [1.165, 1.54) is 0 Å². The van der Waals surface area contributed by atoms with E-state index in [-0.39, 0.29) is 6.10 Å². The number of carboxylic acid groups (broad SMARTS) is 1. The number of aromatic nitrogens is 1. The lowest BCUT2D eigenvalue weighted by Crippen LogP contribution is -2.25. The predicted octanol–water partition coefficient (Wildman–Crippen LogP) is 1.62. The molecule has 2 rings (SSSR count). The van der Waals surface area contributed by atoms with Crippen LogP contribution in [-0.4, -0.2) is 42.4 Å². The maximum Gasteiger partial charge on any atom is 0.339 e. The number of rotatable bonds is 3. The smallest absolute Gasteiger partial charge is 0.339 e. The maximum absolute atomic E-state index is 11.4. The fourth-order valence-corrected chi connectivity index (χ4v) is 2.46. The highest BCUT2D eigenvalue weighted by Gasteiger charge is 2.27. The van der Waals surface area contributed by atoms with E-state index in [1.807, 2.05) is 13.0 Å². The predicted molar refractivity (Wildman–Crippen MR) is 68.3 cm³/mol. The van der Waals surface area contributed by atoms with Gasteiger partial charge >= 0.3 is 5.97 Å². The third kappa shape index (κ3) is 2.31. The van der Waals surface area contributed by atoms with Crippen LogP contribution in [-0.2, 0) is 4.74 Å². The van der Waals surface area contributed by atoms with Crippen molar-refractivity contribution in [3.8, 4) is 0 Å². The van der Waals surface area contributed by atoms with Gasteiger partial charge in [0.1, 0.15) is 5.56 Å². The van der Waals surface area contributed by atoms with Crippen molar-refractivity contribution in [2.75, 3.05) is 25.1 Å². The average Bonchev–Trinajstić information content (AvgIpc) is 2.75. The standard InChI is InChI=1S/C13H18N2O3/c1-8-6-11(12(13(16)17)9(2)14-8)15-5-4-10(7-15)18-3/h6,10H,4-5,7H2,1-3H3,(H,16,17). The molecule has 1 aromatic heterocycles. The normalized spacial score (nSPS) is 19.3. The minimum Gasteiger partial charge on any atom is -0.478 e. The Bertz CT molecular complexity index is 474. The van der Waals surface area contributed by atoms with Gasteiger partial charge in [-0.05, 0) is 26.3 Å². The number of anilines is 1. The molecule has 1 atom stereocenters. The first-order chi connectivity index (χ1) is 8.52. The van der Waals surface area contributed by atoms with Crippen molar-refractivity contribution in [2.45, 2.75) is 26.4 Å². The fraction of sp³-hybridized carbons (Fsp3) is 0.538. The molecule has 1 saturated heterocycles. The quantitative estimate of drug-likeness (QED) is 0.883. The van der Waals surface area contributed by atoms with Crippen molar-refractivity contribution in [3.05, 3.63) is 23.0 Å². The van der Waals surface area contributed by atoms with E-state index in [2.05, 4.69) is 9.88 Å². The minimum absolute atomic E-state index is 0.181. The first-order valence-corrected chi connectivity index (χ1v) is 6.02. The molecule has 0 aliphatic carbocycles. The van der Waals surface area contributed by atoms with Gasteiger partial charge in [0.25, 0.3) is 0 Å². The van der Waals surface area contributed by atoms with Crippen molar-refractivity contribution in [2.24, 2.45) is 0 Å². The summed E-state index contributed by atoms with van der Waals surface area (Å²) in [7, 11) is 1.69. The largest absolute Gasteiger partial charge is 0.478 e. The van der Waals surface area contributed by atoms with Gasteiger partial charge in [-0.1, -0.05) is 0 Å². The molecule has 5 heteroatoms. The van der Waals surface area contributed by atoms with Gasteiger partial charge in [-0.15, -0.1) is 0 Å². The topological polar surface area (TPSA) is 62.7 Å². The Hall–Kier alpha value is -1.62. The second-order valence-corrected chi connectivity index (χ2v) is 4.64. The average molecular weight is 250 g/mol. The number of pyridine rings is 1. The summed E-state index contributed by atoms with van der Waals surface area (Å²) in [4.78, 5) is 17.7. The monoisotopic (exact) mass is 250 g/mol. The molecule has 0 spiro atoms. The summed E-state index contributed by atoms with van der Waals surface area (Å²) in [6.07, 6.45) is 1.11. The molecule has 0 aromatic carbocycles. The number of nitrogens with zero attached hydrogens (tertiary/aromatic N) is 2. The summed E-state index contributed by atoms with van der Waals surface area (Å²) in [5.41, 5.74) is 2.47. The number of hydrogen-bond donors (Lipinski definition) is 1. The molecule has 1 aliphatic heterocycles. The molecule has 1 unspecified atom stereocenters. The van der Waals surface area contributed by atoms with Crippen molar-refractivity contribution in [1.82, 2.24) is 4.98 Å². The van der Waals surface area contributed by atoms with Crippen LogP contribution in [0.2, 0.25) is 0 Å². The molecule has 0 bridgehead atoms. The molecule has 2 heterocycles. The summed E-state index contributed by atoms with van der Waals surface area (Å²) < 4.78 is 5.32. The highest BCUT2D eigenvalue weighted by atomic mass is 16.5.